The summed E-state index contributed by atoms with van der Waals surface area (Å²) in [6.45, 7) is 0.583. The number of aromatic nitrogens is 4. The van der Waals surface area contributed by atoms with Crippen molar-refractivity contribution >= 4 is 23.3 Å². The van der Waals surface area contributed by atoms with Gasteiger partial charge < -0.3 is 5.32 Å². The first-order valence-electron chi connectivity index (χ1n) is 6.69. The Labute approximate surface area is 132 Å². The average Bonchev–Trinajstić information content (AvgIpc) is 3.08. The first kappa shape index (κ1) is 14.3. The summed E-state index contributed by atoms with van der Waals surface area (Å²) in [6.07, 6.45) is 3.52. The summed E-state index contributed by atoms with van der Waals surface area (Å²) in [7, 11) is 1.76. The van der Waals surface area contributed by atoms with Gasteiger partial charge in [0.2, 0.25) is 0 Å². The number of amides is 1. The minimum atomic E-state index is -0.284. The predicted octanol–water partition coefficient (Wildman–Crippen LogP) is 2.57. The van der Waals surface area contributed by atoms with E-state index in [-0.39, 0.29) is 5.91 Å². The van der Waals surface area contributed by atoms with Gasteiger partial charge in [0.1, 0.15) is 0 Å². The molecule has 0 saturated carbocycles. The standard InChI is InChI=1S/C15H14ClN5O/c1-20-7-5-13(18-20)15(22)17-14-6-8-21(19-14)10-11-3-2-4-12(16)9-11/h2-9H,10H2,1H3,(H,17,19,22). The number of nitrogens with one attached hydrogen (secondary N) is 1. The zero-order valence-electron chi connectivity index (χ0n) is 11.9. The van der Waals surface area contributed by atoms with Gasteiger partial charge in [-0.1, -0.05) is 23.7 Å². The van der Waals surface area contributed by atoms with Gasteiger partial charge in [-0.15, -0.1) is 0 Å². The summed E-state index contributed by atoms with van der Waals surface area (Å²) in [5.74, 6) is 0.200. The largest absolute Gasteiger partial charge is 0.304 e. The third-order valence-electron chi connectivity index (χ3n) is 3.06. The van der Waals surface area contributed by atoms with E-state index in [2.05, 4.69) is 15.5 Å². The number of anilines is 1. The van der Waals surface area contributed by atoms with E-state index in [9.17, 15) is 4.79 Å². The molecule has 3 rings (SSSR count). The number of benzene rings is 1. The fourth-order valence-corrected chi connectivity index (χ4v) is 2.27. The molecule has 1 N–H and O–H groups in total. The lowest BCUT2D eigenvalue weighted by molar-refractivity contribution is 0.102. The van der Waals surface area contributed by atoms with Gasteiger partial charge in [0.15, 0.2) is 11.5 Å². The van der Waals surface area contributed by atoms with E-state index in [1.807, 2.05) is 24.3 Å². The Morgan fingerprint density at radius 2 is 2.09 bits per heavy atom. The minimum absolute atomic E-state index is 0.284. The lowest BCUT2D eigenvalue weighted by Crippen LogP contribution is -2.14. The zero-order chi connectivity index (χ0) is 15.5. The zero-order valence-corrected chi connectivity index (χ0v) is 12.7. The maximum atomic E-state index is 12.0. The Kier molecular flexibility index (Phi) is 3.93. The molecule has 0 unspecified atom stereocenters. The molecular formula is C15H14ClN5O. The molecule has 0 fully saturated rings. The average molecular weight is 316 g/mol. The minimum Gasteiger partial charge on any atom is -0.304 e. The van der Waals surface area contributed by atoms with Crippen molar-refractivity contribution < 1.29 is 4.79 Å². The third kappa shape index (κ3) is 3.35. The van der Waals surface area contributed by atoms with Crippen LogP contribution in [0.3, 0.4) is 0 Å². The molecule has 0 bridgehead atoms. The number of rotatable bonds is 4. The SMILES string of the molecule is Cn1ccc(C(=O)Nc2ccn(Cc3cccc(Cl)c3)n2)n1. The molecule has 0 aliphatic carbocycles. The molecule has 1 aromatic carbocycles. The molecule has 6 nitrogen and oxygen atoms in total. The van der Waals surface area contributed by atoms with Crippen LogP contribution in [0.25, 0.3) is 0 Å². The molecule has 0 spiro atoms. The highest BCUT2D eigenvalue weighted by Crippen LogP contribution is 2.12. The Hall–Kier alpha value is -2.60. The number of hydrogen-bond donors (Lipinski definition) is 1. The van der Waals surface area contributed by atoms with Crippen molar-refractivity contribution in [2.24, 2.45) is 7.05 Å². The van der Waals surface area contributed by atoms with Crippen molar-refractivity contribution in [1.29, 1.82) is 0 Å². The molecule has 22 heavy (non-hydrogen) atoms. The lowest BCUT2D eigenvalue weighted by Gasteiger charge is -2.02. The van der Waals surface area contributed by atoms with Crippen molar-refractivity contribution in [2.45, 2.75) is 6.54 Å². The van der Waals surface area contributed by atoms with Gasteiger partial charge in [-0.05, 0) is 23.8 Å². The highest BCUT2D eigenvalue weighted by molar-refractivity contribution is 6.30. The van der Waals surface area contributed by atoms with Crippen LogP contribution >= 0.6 is 11.6 Å². The molecule has 3 aromatic rings. The second-order valence-corrected chi connectivity index (χ2v) is 5.29. The van der Waals surface area contributed by atoms with Gasteiger partial charge in [-0.25, -0.2) is 0 Å². The second kappa shape index (κ2) is 6.03. The van der Waals surface area contributed by atoms with Crippen LogP contribution in [0.5, 0.6) is 0 Å². The van der Waals surface area contributed by atoms with E-state index >= 15 is 0 Å². The predicted molar refractivity (Wildman–Crippen MR) is 83.9 cm³/mol. The van der Waals surface area contributed by atoms with E-state index < -0.39 is 0 Å². The van der Waals surface area contributed by atoms with Crippen molar-refractivity contribution in [3.05, 3.63) is 65.1 Å². The molecule has 1 amide bonds. The molecule has 2 heterocycles. The van der Waals surface area contributed by atoms with E-state index in [0.29, 0.717) is 23.1 Å². The van der Waals surface area contributed by atoms with Crippen LogP contribution in [0.4, 0.5) is 5.82 Å². The van der Waals surface area contributed by atoms with Crippen LogP contribution in [0, 0.1) is 0 Å². The Morgan fingerprint density at radius 3 is 2.82 bits per heavy atom. The van der Waals surface area contributed by atoms with E-state index in [0.717, 1.165) is 5.56 Å². The summed E-state index contributed by atoms with van der Waals surface area (Å²) >= 11 is 5.96. The maximum absolute atomic E-state index is 12.0. The highest BCUT2D eigenvalue weighted by atomic mass is 35.5. The van der Waals surface area contributed by atoms with Crippen molar-refractivity contribution in [3.8, 4) is 0 Å². The molecule has 0 radical (unpaired) electrons. The Morgan fingerprint density at radius 1 is 1.23 bits per heavy atom. The van der Waals surface area contributed by atoms with E-state index in [1.165, 1.54) is 0 Å². The first-order chi connectivity index (χ1) is 10.6. The summed E-state index contributed by atoms with van der Waals surface area (Å²) in [6, 6.07) is 11.0. The van der Waals surface area contributed by atoms with Crippen molar-refractivity contribution in [2.75, 3.05) is 5.32 Å². The second-order valence-electron chi connectivity index (χ2n) is 4.86. The Balaban J connectivity index is 1.67. The topological polar surface area (TPSA) is 64.7 Å². The number of carbonyl (C=O) groups is 1. The molecular weight excluding hydrogens is 302 g/mol. The monoisotopic (exact) mass is 315 g/mol. The molecule has 0 aliphatic heterocycles. The summed E-state index contributed by atoms with van der Waals surface area (Å²) in [5, 5.41) is 11.8. The highest BCUT2D eigenvalue weighted by Gasteiger charge is 2.10. The van der Waals surface area contributed by atoms with Crippen LogP contribution < -0.4 is 5.32 Å². The van der Waals surface area contributed by atoms with Crippen LogP contribution in [-0.4, -0.2) is 25.5 Å². The van der Waals surface area contributed by atoms with Crippen molar-refractivity contribution in [1.82, 2.24) is 19.6 Å². The normalized spacial score (nSPS) is 10.6. The lowest BCUT2D eigenvalue weighted by atomic mass is 10.2. The summed E-state index contributed by atoms with van der Waals surface area (Å²) in [5.41, 5.74) is 1.39. The smallest absolute Gasteiger partial charge is 0.277 e. The molecule has 0 saturated heterocycles. The van der Waals surface area contributed by atoms with Gasteiger partial charge in [0.05, 0.1) is 6.54 Å². The van der Waals surface area contributed by atoms with Crippen molar-refractivity contribution in [3.63, 3.8) is 0 Å². The van der Waals surface area contributed by atoms with E-state index in [1.54, 1.807) is 40.9 Å². The molecule has 2 aromatic heterocycles. The number of aryl methyl sites for hydroxylation is 1. The number of nitrogens with zero attached hydrogens (tertiary/aromatic N) is 4. The third-order valence-corrected chi connectivity index (χ3v) is 3.30. The number of halogens is 1. The van der Waals surface area contributed by atoms with Gasteiger partial charge in [-0.3, -0.25) is 14.2 Å². The van der Waals surface area contributed by atoms with Crippen LogP contribution in [0.15, 0.2) is 48.8 Å². The van der Waals surface area contributed by atoms with Crippen LogP contribution in [0.2, 0.25) is 5.02 Å². The fourth-order valence-electron chi connectivity index (χ4n) is 2.06. The Bertz CT molecular complexity index is 808. The molecule has 7 heteroatoms. The van der Waals surface area contributed by atoms with Gasteiger partial charge >= 0.3 is 0 Å². The molecule has 0 atom stereocenters. The first-order valence-corrected chi connectivity index (χ1v) is 7.07. The number of carbonyl (C=O) groups excluding carboxylic acids is 1. The van der Waals surface area contributed by atoms with Crippen LogP contribution in [-0.2, 0) is 13.6 Å². The van der Waals surface area contributed by atoms with Gasteiger partial charge in [0.25, 0.3) is 5.91 Å². The fraction of sp³-hybridized carbons (Fsp3) is 0.133. The molecule has 0 aliphatic rings. The number of hydrogen-bond acceptors (Lipinski definition) is 3. The summed E-state index contributed by atoms with van der Waals surface area (Å²) in [4.78, 5) is 12.0. The van der Waals surface area contributed by atoms with E-state index in [4.69, 9.17) is 11.6 Å². The van der Waals surface area contributed by atoms with Crippen LogP contribution in [0.1, 0.15) is 16.1 Å². The quantitative estimate of drug-likeness (QED) is 0.804. The van der Waals surface area contributed by atoms with Gasteiger partial charge in [0, 0.05) is 30.5 Å². The molecule has 112 valence electrons. The maximum Gasteiger partial charge on any atom is 0.277 e. The van der Waals surface area contributed by atoms with Gasteiger partial charge in [-0.2, -0.15) is 10.2 Å². The summed E-state index contributed by atoms with van der Waals surface area (Å²) < 4.78 is 3.31.